The molecule has 0 bridgehead atoms. The van der Waals surface area contributed by atoms with Crippen LogP contribution in [-0.2, 0) is 16.1 Å². The van der Waals surface area contributed by atoms with Gasteiger partial charge in [0.25, 0.3) is 5.91 Å². The summed E-state index contributed by atoms with van der Waals surface area (Å²) in [4.78, 5) is 27.1. The fourth-order valence-electron chi connectivity index (χ4n) is 3.11. The van der Waals surface area contributed by atoms with Crippen molar-refractivity contribution in [1.29, 1.82) is 0 Å². The molecule has 0 aliphatic heterocycles. The highest BCUT2D eigenvalue weighted by Gasteiger charge is 2.29. The lowest BCUT2D eigenvalue weighted by atomic mass is 10.1. The molecule has 5 nitrogen and oxygen atoms in total. The molecule has 0 spiro atoms. The second-order valence-electron chi connectivity index (χ2n) is 8.64. The first-order valence-corrected chi connectivity index (χ1v) is 10.0. The molecule has 2 aromatic carbocycles. The predicted octanol–water partition coefficient (Wildman–Crippen LogP) is 4.15. The average molecular weight is 415 g/mol. The highest BCUT2D eigenvalue weighted by Crippen LogP contribution is 2.18. The van der Waals surface area contributed by atoms with Crippen LogP contribution in [-0.4, -0.2) is 34.9 Å². The van der Waals surface area contributed by atoms with Crippen molar-refractivity contribution < 1.29 is 18.7 Å². The summed E-state index contributed by atoms with van der Waals surface area (Å²) < 4.78 is 19.9. The molecule has 0 aliphatic rings. The lowest BCUT2D eigenvalue weighted by molar-refractivity contribution is -0.142. The first-order valence-electron chi connectivity index (χ1n) is 10.0. The second-order valence-corrected chi connectivity index (χ2v) is 8.64. The smallest absolute Gasteiger partial charge is 0.261 e. The van der Waals surface area contributed by atoms with Gasteiger partial charge in [0.2, 0.25) is 5.91 Å². The Hall–Kier alpha value is -2.89. The second kappa shape index (κ2) is 9.74. The molecule has 2 aromatic rings. The Labute approximate surface area is 178 Å². The molecule has 162 valence electrons. The summed E-state index contributed by atoms with van der Waals surface area (Å²) in [6.07, 6.45) is 0. The number of nitrogens with zero attached hydrogens (tertiary/aromatic N) is 1. The normalized spacial score (nSPS) is 12.2. The zero-order valence-corrected chi connectivity index (χ0v) is 18.6. The van der Waals surface area contributed by atoms with Crippen LogP contribution in [0.5, 0.6) is 5.75 Å². The molecular weight excluding hydrogens is 383 g/mol. The molecule has 0 fully saturated rings. The molecule has 0 saturated heterocycles. The first-order chi connectivity index (χ1) is 14.0. The zero-order valence-electron chi connectivity index (χ0n) is 18.6. The molecule has 0 aliphatic carbocycles. The number of hydrogen-bond acceptors (Lipinski definition) is 3. The molecule has 0 saturated carbocycles. The topological polar surface area (TPSA) is 58.6 Å². The maximum absolute atomic E-state index is 14.2. The van der Waals surface area contributed by atoms with Gasteiger partial charge >= 0.3 is 0 Å². The van der Waals surface area contributed by atoms with Crippen LogP contribution in [0.1, 0.15) is 44.4 Å². The van der Waals surface area contributed by atoms with E-state index in [4.69, 9.17) is 4.74 Å². The Morgan fingerprint density at radius 2 is 1.70 bits per heavy atom. The summed E-state index contributed by atoms with van der Waals surface area (Å²) in [5.41, 5.74) is 1.94. The maximum Gasteiger partial charge on any atom is 0.261 e. The van der Waals surface area contributed by atoms with Gasteiger partial charge in [-0.3, -0.25) is 9.59 Å². The molecule has 0 heterocycles. The third-order valence-corrected chi connectivity index (χ3v) is 4.52. The summed E-state index contributed by atoms with van der Waals surface area (Å²) in [7, 11) is 0. The number of rotatable bonds is 7. The number of halogens is 1. The standard InChI is InChI=1S/C24H31FN2O3/c1-16-11-17(2)13-20(12-16)30-15-22(28)27(14-19-9-7-8-10-21(19)25)18(3)23(29)26-24(4,5)6/h7-13,18H,14-15H2,1-6H3,(H,26,29). The summed E-state index contributed by atoms with van der Waals surface area (Å²) in [5.74, 6) is -0.542. The molecule has 1 N–H and O–H groups in total. The Balaban J connectivity index is 2.21. The quantitative estimate of drug-likeness (QED) is 0.740. The minimum absolute atomic E-state index is 0.0273. The molecule has 30 heavy (non-hydrogen) atoms. The summed E-state index contributed by atoms with van der Waals surface area (Å²) in [6, 6.07) is 11.1. The van der Waals surface area contributed by atoms with Crippen molar-refractivity contribution in [2.75, 3.05) is 6.61 Å². The Morgan fingerprint density at radius 3 is 2.27 bits per heavy atom. The van der Waals surface area contributed by atoms with Crippen LogP contribution in [0, 0.1) is 19.7 Å². The van der Waals surface area contributed by atoms with Crippen LogP contribution in [0.3, 0.4) is 0 Å². The summed E-state index contributed by atoms with van der Waals surface area (Å²) >= 11 is 0. The number of carbonyl (C=O) groups is 2. The van der Waals surface area contributed by atoms with E-state index in [-0.39, 0.29) is 19.1 Å². The van der Waals surface area contributed by atoms with E-state index in [1.165, 1.54) is 11.0 Å². The number of aryl methyl sites for hydroxylation is 2. The van der Waals surface area contributed by atoms with E-state index in [1.807, 2.05) is 52.8 Å². The molecular formula is C24H31FN2O3. The van der Waals surface area contributed by atoms with E-state index in [9.17, 15) is 14.0 Å². The van der Waals surface area contributed by atoms with Gasteiger partial charge in [0.15, 0.2) is 6.61 Å². The van der Waals surface area contributed by atoms with Gasteiger partial charge < -0.3 is 15.0 Å². The van der Waals surface area contributed by atoms with Gasteiger partial charge in [0.1, 0.15) is 17.6 Å². The van der Waals surface area contributed by atoms with E-state index in [0.717, 1.165) is 11.1 Å². The van der Waals surface area contributed by atoms with Gasteiger partial charge in [-0.2, -0.15) is 0 Å². The molecule has 2 rings (SSSR count). The van der Waals surface area contributed by atoms with Crippen molar-refractivity contribution in [3.63, 3.8) is 0 Å². The summed E-state index contributed by atoms with van der Waals surface area (Å²) in [6.45, 7) is 10.9. The van der Waals surface area contributed by atoms with Crippen LogP contribution in [0.25, 0.3) is 0 Å². The molecule has 1 unspecified atom stereocenters. The van der Waals surface area contributed by atoms with Gasteiger partial charge in [0.05, 0.1) is 0 Å². The third-order valence-electron chi connectivity index (χ3n) is 4.52. The SMILES string of the molecule is Cc1cc(C)cc(OCC(=O)N(Cc2ccccc2F)C(C)C(=O)NC(C)(C)C)c1. The van der Waals surface area contributed by atoms with E-state index >= 15 is 0 Å². The zero-order chi connectivity index (χ0) is 22.5. The Kier molecular flexibility index (Phi) is 7.59. The lowest BCUT2D eigenvalue weighted by Gasteiger charge is -2.31. The van der Waals surface area contributed by atoms with Crippen LogP contribution in [0.2, 0.25) is 0 Å². The maximum atomic E-state index is 14.2. The average Bonchev–Trinajstić information content (AvgIpc) is 2.63. The molecule has 6 heteroatoms. The van der Waals surface area contributed by atoms with Crippen molar-refractivity contribution in [2.24, 2.45) is 0 Å². The van der Waals surface area contributed by atoms with Gasteiger partial charge in [0, 0.05) is 17.6 Å². The fourth-order valence-corrected chi connectivity index (χ4v) is 3.11. The number of amides is 2. The van der Waals surface area contributed by atoms with Crippen LogP contribution in [0.4, 0.5) is 4.39 Å². The number of benzene rings is 2. The van der Waals surface area contributed by atoms with Crippen LogP contribution in [0.15, 0.2) is 42.5 Å². The number of nitrogens with one attached hydrogen (secondary N) is 1. The lowest BCUT2D eigenvalue weighted by Crippen LogP contribution is -2.53. The molecule has 2 amide bonds. The first kappa shape index (κ1) is 23.4. The largest absolute Gasteiger partial charge is 0.484 e. The van der Waals surface area contributed by atoms with E-state index in [2.05, 4.69) is 5.32 Å². The monoisotopic (exact) mass is 414 g/mol. The summed E-state index contributed by atoms with van der Waals surface area (Å²) in [5, 5.41) is 2.88. The van der Waals surface area contributed by atoms with Crippen molar-refractivity contribution in [1.82, 2.24) is 10.2 Å². The number of hydrogen-bond donors (Lipinski definition) is 1. The van der Waals surface area contributed by atoms with E-state index in [1.54, 1.807) is 25.1 Å². The van der Waals surface area contributed by atoms with Crippen molar-refractivity contribution >= 4 is 11.8 Å². The van der Waals surface area contributed by atoms with E-state index < -0.39 is 23.3 Å². The fraction of sp³-hybridized carbons (Fsp3) is 0.417. The van der Waals surface area contributed by atoms with Crippen molar-refractivity contribution in [3.8, 4) is 5.75 Å². The van der Waals surface area contributed by atoms with Gasteiger partial charge in [-0.15, -0.1) is 0 Å². The van der Waals surface area contributed by atoms with Crippen molar-refractivity contribution in [3.05, 3.63) is 65.0 Å². The van der Waals surface area contributed by atoms with Crippen LogP contribution >= 0.6 is 0 Å². The minimum atomic E-state index is -0.792. The highest BCUT2D eigenvalue weighted by molar-refractivity contribution is 5.88. The predicted molar refractivity (Wildman–Crippen MR) is 116 cm³/mol. The van der Waals surface area contributed by atoms with Crippen molar-refractivity contribution in [2.45, 2.75) is 59.7 Å². The van der Waals surface area contributed by atoms with E-state index in [0.29, 0.717) is 11.3 Å². The van der Waals surface area contributed by atoms with Gasteiger partial charge in [-0.1, -0.05) is 24.3 Å². The highest BCUT2D eigenvalue weighted by atomic mass is 19.1. The molecule has 1 atom stereocenters. The minimum Gasteiger partial charge on any atom is -0.484 e. The van der Waals surface area contributed by atoms with Gasteiger partial charge in [-0.05, 0) is 70.9 Å². The Bertz CT molecular complexity index is 885. The Morgan fingerprint density at radius 1 is 1.10 bits per heavy atom. The molecule has 0 aromatic heterocycles. The number of carbonyl (C=O) groups excluding carboxylic acids is 2. The van der Waals surface area contributed by atoms with Crippen LogP contribution < -0.4 is 10.1 Å². The third kappa shape index (κ3) is 6.87. The number of ether oxygens (including phenoxy) is 1. The van der Waals surface area contributed by atoms with Gasteiger partial charge in [-0.25, -0.2) is 4.39 Å². The molecule has 0 radical (unpaired) electrons.